The minimum atomic E-state index is -0.366. The number of rotatable bonds is 7. The molecule has 6 heterocycles. The predicted molar refractivity (Wildman–Crippen MR) is 154 cm³/mol. The Hall–Kier alpha value is -5.20. The molecule has 5 aromatic rings. The average Bonchev–Trinajstić information content (AvgIpc) is 3.90. The number of hydrogen-bond acceptors (Lipinski definition) is 9. The number of imide groups is 1. The Balaban J connectivity index is 1.06. The van der Waals surface area contributed by atoms with Crippen LogP contribution in [0.25, 0.3) is 16.7 Å². The lowest BCUT2D eigenvalue weighted by molar-refractivity contribution is -0.124. The molecule has 0 aromatic carbocycles. The van der Waals surface area contributed by atoms with Gasteiger partial charge in [0, 0.05) is 49.4 Å². The number of anilines is 2. The van der Waals surface area contributed by atoms with Crippen LogP contribution < -0.4 is 10.2 Å². The van der Waals surface area contributed by atoms with Gasteiger partial charge in [0.25, 0.3) is 0 Å². The molecule has 2 saturated carbocycles. The Bertz CT molecular complexity index is 1980. The molecule has 0 spiro atoms. The molecule has 3 aliphatic rings. The highest BCUT2D eigenvalue weighted by Gasteiger charge is 2.46. The van der Waals surface area contributed by atoms with E-state index in [1.54, 1.807) is 18.5 Å². The zero-order valence-corrected chi connectivity index (χ0v) is 23.5. The number of hydrogen-bond donors (Lipinski definition) is 1. The number of fused-ring (bicyclic) bond motifs is 2. The number of nitrogens with zero attached hydrogens (tertiary/aromatic N) is 8. The lowest BCUT2D eigenvalue weighted by Crippen LogP contribution is -2.30. The van der Waals surface area contributed by atoms with Crippen LogP contribution in [0.2, 0.25) is 0 Å². The van der Waals surface area contributed by atoms with Crippen molar-refractivity contribution in [3.63, 3.8) is 0 Å². The summed E-state index contributed by atoms with van der Waals surface area (Å²) in [6.07, 6.45) is 10.4. The van der Waals surface area contributed by atoms with Gasteiger partial charge in [-0.15, -0.1) is 0 Å². The number of carbonyl (C=O) groups excluding carboxylic acids is 3. The van der Waals surface area contributed by atoms with E-state index in [-0.39, 0.29) is 42.6 Å². The highest BCUT2D eigenvalue weighted by atomic mass is 16.3. The first-order valence-electron chi connectivity index (χ1n) is 14.3. The average molecular weight is 578 g/mol. The molecule has 0 bridgehead atoms. The summed E-state index contributed by atoms with van der Waals surface area (Å²) in [4.78, 5) is 63.3. The fourth-order valence-corrected chi connectivity index (χ4v) is 5.71. The Morgan fingerprint density at radius 2 is 1.93 bits per heavy atom. The standard InChI is InChI=1S/C30H27N9O4/c1-15-5-7-31-26(33-15)19-11-20(19)29(41)36-27-25-21(6-8-32-27)35-23(43-25)10-18-13-38-12-17(16-3-4-16)9-22(28(38)34-18)39-14-24(40)37(2)30(39)42/h5-9,12-13,16,19-20H,3-4,10-11,14H2,1-2H3,(H,32,36,41). The number of amides is 4. The third kappa shape index (κ3) is 4.47. The maximum absolute atomic E-state index is 13.0. The van der Waals surface area contributed by atoms with Gasteiger partial charge >= 0.3 is 6.03 Å². The van der Waals surface area contributed by atoms with Crippen molar-refractivity contribution in [3.05, 3.63) is 71.7 Å². The summed E-state index contributed by atoms with van der Waals surface area (Å²) in [5, 5.41) is 2.90. The molecule has 43 heavy (non-hydrogen) atoms. The van der Waals surface area contributed by atoms with Crippen LogP contribution in [-0.2, 0) is 16.0 Å². The Labute approximate surface area is 245 Å². The smallest absolute Gasteiger partial charge is 0.331 e. The van der Waals surface area contributed by atoms with Gasteiger partial charge in [-0.05, 0) is 55.9 Å². The zero-order chi connectivity index (χ0) is 29.4. The Morgan fingerprint density at radius 1 is 1.09 bits per heavy atom. The van der Waals surface area contributed by atoms with E-state index in [0.29, 0.717) is 58.0 Å². The number of aromatic nitrogens is 6. The summed E-state index contributed by atoms with van der Waals surface area (Å²) < 4.78 is 8.01. The molecule has 1 aliphatic heterocycles. The monoisotopic (exact) mass is 577 g/mol. The molecule has 216 valence electrons. The molecule has 2 atom stereocenters. The van der Waals surface area contributed by atoms with Gasteiger partial charge < -0.3 is 14.1 Å². The van der Waals surface area contributed by atoms with Crippen molar-refractivity contribution >= 4 is 46.1 Å². The van der Waals surface area contributed by atoms with Gasteiger partial charge in [0.2, 0.25) is 17.7 Å². The molecule has 1 saturated heterocycles. The summed E-state index contributed by atoms with van der Waals surface area (Å²) >= 11 is 0. The summed E-state index contributed by atoms with van der Waals surface area (Å²) in [7, 11) is 1.49. The molecule has 5 aromatic heterocycles. The van der Waals surface area contributed by atoms with Crippen molar-refractivity contribution in [3.8, 4) is 0 Å². The molecular weight excluding hydrogens is 550 g/mol. The quantitative estimate of drug-likeness (QED) is 0.286. The molecule has 13 nitrogen and oxygen atoms in total. The van der Waals surface area contributed by atoms with Crippen molar-refractivity contribution in [1.29, 1.82) is 0 Å². The number of imidazole rings is 1. The van der Waals surface area contributed by atoms with Crippen LogP contribution in [0.1, 0.15) is 59.8 Å². The number of urea groups is 1. The fourth-order valence-electron chi connectivity index (χ4n) is 5.71. The van der Waals surface area contributed by atoms with Crippen molar-refractivity contribution in [2.24, 2.45) is 5.92 Å². The molecule has 2 unspecified atom stereocenters. The topological polar surface area (TPSA) is 152 Å². The SMILES string of the molecule is Cc1ccnc(C2CC2C(=O)Nc2nccc3nc(Cc4cn5cc(C6CC6)cc(N6CC(=O)N(C)C6=O)c5n4)oc23)n1. The maximum Gasteiger partial charge on any atom is 0.331 e. The normalized spacial score (nSPS) is 20.0. The Kier molecular flexibility index (Phi) is 5.58. The first-order valence-corrected chi connectivity index (χ1v) is 14.3. The summed E-state index contributed by atoms with van der Waals surface area (Å²) in [6, 6.07) is 5.17. The molecule has 4 amide bonds. The van der Waals surface area contributed by atoms with Gasteiger partial charge in [0.15, 0.2) is 17.0 Å². The third-order valence-corrected chi connectivity index (χ3v) is 8.32. The van der Waals surface area contributed by atoms with Crippen LogP contribution in [0.15, 0.2) is 47.4 Å². The first-order chi connectivity index (χ1) is 20.8. The molecule has 0 radical (unpaired) electrons. The van der Waals surface area contributed by atoms with E-state index >= 15 is 0 Å². The van der Waals surface area contributed by atoms with Crippen molar-refractivity contribution in [2.45, 2.75) is 44.4 Å². The second kappa shape index (κ2) is 9.41. The van der Waals surface area contributed by atoms with Crippen LogP contribution in [0.5, 0.6) is 0 Å². The second-order valence-corrected chi connectivity index (χ2v) is 11.5. The van der Waals surface area contributed by atoms with E-state index in [0.717, 1.165) is 29.0 Å². The lowest BCUT2D eigenvalue weighted by Gasteiger charge is -2.17. The molecule has 3 fully saturated rings. The lowest BCUT2D eigenvalue weighted by atomic mass is 10.1. The van der Waals surface area contributed by atoms with E-state index in [2.05, 4.69) is 25.3 Å². The number of likely N-dealkylation sites (N-methyl/N-ethyl adjacent to an activating group) is 1. The number of aryl methyl sites for hydroxylation is 1. The van der Waals surface area contributed by atoms with Gasteiger partial charge in [-0.3, -0.25) is 19.4 Å². The second-order valence-electron chi connectivity index (χ2n) is 11.5. The number of carbonyl (C=O) groups is 3. The largest absolute Gasteiger partial charge is 0.436 e. The van der Waals surface area contributed by atoms with Crippen LogP contribution in [-0.4, -0.2) is 65.7 Å². The summed E-state index contributed by atoms with van der Waals surface area (Å²) in [5.74, 6) is 1.18. The van der Waals surface area contributed by atoms with Crippen molar-refractivity contribution in [2.75, 3.05) is 23.8 Å². The third-order valence-electron chi connectivity index (χ3n) is 8.32. The zero-order valence-electron chi connectivity index (χ0n) is 23.5. The van der Waals surface area contributed by atoms with E-state index in [9.17, 15) is 14.4 Å². The molecule has 13 heteroatoms. The van der Waals surface area contributed by atoms with Gasteiger partial charge in [0.05, 0.1) is 17.8 Å². The van der Waals surface area contributed by atoms with Crippen LogP contribution >= 0.6 is 0 Å². The summed E-state index contributed by atoms with van der Waals surface area (Å²) in [6.45, 7) is 1.88. The first kappa shape index (κ1) is 25.5. The van der Waals surface area contributed by atoms with Gasteiger partial charge in [-0.25, -0.2) is 29.7 Å². The highest BCUT2D eigenvalue weighted by molar-refractivity contribution is 6.13. The van der Waals surface area contributed by atoms with Gasteiger partial charge in [-0.2, -0.15) is 0 Å². The Morgan fingerprint density at radius 3 is 2.70 bits per heavy atom. The fraction of sp³-hybridized carbons (Fsp3) is 0.333. The summed E-state index contributed by atoms with van der Waals surface area (Å²) in [5.41, 5.74) is 4.82. The number of nitrogens with one attached hydrogen (secondary N) is 1. The van der Waals surface area contributed by atoms with Gasteiger partial charge in [-0.1, -0.05) is 0 Å². The van der Waals surface area contributed by atoms with E-state index in [1.807, 2.05) is 35.9 Å². The van der Waals surface area contributed by atoms with E-state index in [1.165, 1.54) is 11.9 Å². The van der Waals surface area contributed by atoms with Crippen molar-refractivity contribution < 1.29 is 18.8 Å². The minimum absolute atomic E-state index is 0.0147. The van der Waals surface area contributed by atoms with Crippen LogP contribution in [0.3, 0.4) is 0 Å². The van der Waals surface area contributed by atoms with Crippen LogP contribution in [0, 0.1) is 12.8 Å². The highest BCUT2D eigenvalue weighted by Crippen LogP contribution is 2.46. The maximum atomic E-state index is 13.0. The predicted octanol–water partition coefficient (Wildman–Crippen LogP) is 3.58. The molecule has 2 aliphatic carbocycles. The minimum Gasteiger partial charge on any atom is -0.436 e. The van der Waals surface area contributed by atoms with Crippen LogP contribution in [0.4, 0.5) is 16.3 Å². The molecule has 1 N–H and O–H groups in total. The number of oxazole rings is 1. The number of pyridine rings is 2. The van der Waals surface area contributed by atoms with E-state index < -0.39 is 0 Å². The van der Waals surface area contributed by atoms with Crippen molar-refractivity contribution in [1.82, 2.24) is 34.2 Å². The van der Waals surface area contributed by atoms with E-state index in [4.69, 9.17) is 9.40 Å². The molecule has 8 rings (SSSR count). The molecular formula is C30H27N9O4. The van der Waals surface area contributed by atoms with Gasteiger partial charge in [0.1, 0.15) is 17.9 Å².